The number of methoxy groups -OCH3 is 1. The largest absolute Gasteiger partial charge is 0.497 e. The van der Waals surface area contributed by atoms with Crippen molar-refractivity contribution in [3.8, 4) is 5.75 Å². The van der Waals surface area contributed by atoms with Gasteiger partial charge in [0.2, 0.25) is 0 Å². The van der Waals surface area contributed by atoms with Crippen molar-refractivity contribution in [2.75, 3.05) is 38.7 Å². The molecule has 148 valence electrons. The molecule has 3 heterocycles. The number of amides is 1. The highest BCUT2D eigenvalue weighted by Crippen LogP contribution is 2.31. The summed E-state index contributed by atoms with van der Waals surface area (Å²) in [6, 6.07) is 11.3. The molecule has 4 rings (SSSR count). The Bertz CT molecular complexity index is 794. The number of hydrogen-bond donors (Lipinski definition) is 1. The lowest BCUT2D eigenvalue weighted by atomic mass is 10.0. The zero-order chi connectivity index (χ0) is 19.4. The highest BCUT2D eigenvalue weighted by molar-refractivity contribution is 5.92. The van der Waals surface area contributed by atoms with Crippen LogP contribution in [0.5, 0.6) is 5.75 Å². The van der Waals surface area contributed by atoms with Gasteiger partial charge in [-0.25, -0.2) is 0 Å². The van der Waals surface area contributed by atoms with E-state index in [0.29, 0.717) is 57.2 Å². The van der Waals surface area contributed by atoms with Crippen molar-refractivity contribution >= 4 is 11.7 Å². The van der Waals surface area contributed by atoms with Gasteiger partial charge in [0.05, 0.1) is 20.3 Å². The Morgan fingerprint density at radius 1 is 1.11 bits per heavy atom. The first-order valence-electron chi connectivity index (χ1n) is 9.45. The lowest BCUT2D eigenvalue weighted by Gasteiger charge is -2.37. The zero-order valence-electron chi connectivity index (χ0n) is 15.9. The Morgan fingerprint density at radius 2 is 1.82 bits per heavy atom. The van der Waals surface area contributed by atoms with E-state index in [1.807, 2.05) is 24.3 Å². The van der Waals surface area contributed by atoms with Crippen LogP contribution in [0, 0.1) is 0 Å². The molecule has 2 fully saturated rings. The number of nitrogens with zero attached hydrogens (tertiary/aromatic N) is 3. The lowest BCUT2D eigenvalue weighted by molar-refractivity contribution is -0.181. The van der Waals surface area contributed by atoms with Gasteiger partial charge >= 0.3 is 0 Å². The Morgan fingerprint density at radius 3 is 2.43 bits per heavy atom. The summed E-state index contributed by atoms with van der Waals surface area (Å²) in [5.74, 6) is 0.846. The van der Waals surface area contributed by atoms with E-state index in [9.17, 15) is 4.79 Å². The second kappa shape index (κ2) is 8.12. The molecule has 2 aromatic rings. The Hall–Kier alpha value is -2.71. The first-order chi connectivity index (χ1) is 13.7. The zero-order valence-corrected chi connectivity index (χ0v) is 15.9. The number of rotatable bonds is 5. The van der Waals surface area contributed by atoms with E-state index < -0.39 is 5.79 Å². The van der Waals surface area contributed by atoms with Gasteiger partial charge < -0.3 is 24.4 Å². The van der Waals surface area contributed by atoms with Crippen molar-refractivity contribution in [3.05, 3.63) is 47.7 Å². The Kier molecular flexibility index (Phi) is 5.40. The lowest BCUT2D eigenvalue weighted by Crippen LogP contribution is -2.47. The fraction of sp³-hybridized carbons (Fsp3) is 0.450. The molecule has 28 heavy (non-hydrogen) atoms. The van der Waals surface area contributed by atoms with Crippen LogP contribution < -0.4 is 10.1 Å². The summed E-state index contributed by atoms with van der Waals surface area (Å²) in [4.78, 5) is 14.4. The Labute approximate surface area is 163 Å². The summed E-state index contributed by atoms with van der Waals surface area (Å²) in [5, 5.41) is 11.4. The molecule has 1 aromatic carbocycles. The molecule has 0 saturated carbocycles. The topological polar surface area (TPSA) is 85.8 Å². The number of carbonyl (C=O) groups is 1. The normalized spacial score (nSPS) is 18.2. The minimum atomic E-state index is -0.488. The third kappa shape index (κ3) is 4.07. The molecule has 0 aliphatic carbocycles. The summed E-state index contributed by atoms with van der Waals surface area (Å²) in [7, 11) is 1.64. The van der Waals surface area contributed by atoms with Gasteiger partial charge in [-0.15, -0.1) is 10.2 Å². The van der Waals surface area contributed by atoms with E-state index in [-0.39, 0.29) is 5.91 Å². The van der Waals surface area contributed by atoms with E-state index in [4.69, 9.17) is 14.2 Å². The standard InChI is InChI=1S/C20H24N4O4/c1-26-16-4-2-15(3-5-16)14-21-18-7-6-17(22-23-18)19(25)24-10-8-20(9-11-24)27-12-13-28-20/h2-7H,8-14H2,1H3,(H,21,23). The van der Waals surface area contributed by atoms with Gasteiger partial charge in [0, 0.05) is 32.5 Å². The van der Waals surface area contributed by atoms with Crippen LogP contribution in [-0.4, -0.2) is 60.2 Å². The number of ether oxygens (including phenoxy) is 3. The van der Waals surface area contributed by atoms with Crippen LogP contribution in [0.3, 0.4) is 0 Å². The summed E-state index contributed by atoms with van der Waals surface area (Å²) in [6.45, 7) is 3.06. The summed E-state index contributed by atoms with van der Waals surface area (Å²) in [6.07, 6.45) is 1.38. The molecule has 8 nitrogen and oxygen atoms in total. The monoisotopic (exact) mass is 384 g/mol. The second-order valence-corrected chi connectivity index (χ2v) is 6.91. The predicted octanol–water partition coefficient (Wildman–Crippen LogP) is 2.08. The van der Waals surface area contributed by atoms with Crippen molar-refractivity contribution in [1.29, 1.82) is 0 Å². The predicted molar refractivity (Wildman–Crippen MR) is 102 cm³/mol. The van der Waals surface area contributed by atoms with Crippen LogP contribution in [0.2, 0.25) is 0 Å². The number of carbonyl (C=O) groups excluding carboxylic acids is 1. The van der Waals surface area contributed by atoms with Gasteiger partial charge in [-0.2, -0.15) is 0 Å². The SMILES string of the molecule is COc1ccc(CNc2ccc(C(=O)N3CCC4(CC3)OCCO4)nn2)cc1. The highest BCUT2D eigenvalue weighted by atomic mass is 16.7. The summed E-state index contributed by atoms with van der Waals surface area (Å²) < 4.78 is 16.6. The quantitative estimate of drug-likeness (QED) is 0.845. The van der Waals surface area contributed by atoms with Crippen molar-refractivity contribution in [2.45, 2.75) is 25.2 Å². The van der Waals surface area contributed by atoms with Crippen molar-refractivity contribution < 1.29 is 19.0 Å². The van der Waals surface area contributed by atoms with E-state index in [0.717, 1.165) is 11.3 Å². The van der Waals surface area contributed by atoms with Gasteiger partial charge in [0.1, 0.15) is 11.6 Å². The number of benzene rings is 1. The maximum absolute atomic E-state index is 12.7. The molecule has 1 N–H and O–H groups in total. The molecule has 2 aliphatic rings. The van der Waals surface area contributed by atoms with Crippen molar-refractivity contribution in [3.63, 3.8) is 0 Å². The molecule has 2 saturated heterocycles. The van der Waals surface area contributed by atoms with Crippen molar-refractivity contribution in [1.82, 2.24) is 15.1 Å². The van der Waals surface area contributed by atoms with Crippen LogP contribution >= 0.6 is 0 Å². The number of aromatic nitrogens is 2. The highest BCUT2D eigenvalue weighted by Gasteiger charge is 2.41. The third-order valence-corrected chi connectivity index (χ3v) is 5.14. The van der Waals surface area contributed by atoms with Gasteiger partial charge in [-0.1, -0.05) is 12.1 Å². The molecular weight excluding hydrogens is 360 g/mol. The maximum Gasteiger partial charge on any atom is 0.274 e. The molecule has 1 spiro atoms. The molecular formula is C20H24N4O4. The molecule has 0 atom stereocenters. The van der Waals surface area contributed by atoms with Gasteiger partial charge in [0.15, 0.2) is 11.5 Å². The van der Waals surface area contributed by atoms with Gasteiger partial charge in [-0.3, -0.25) is 4.79 Å². The van der Waals surface area contributed by atoms with E-state index in [1.165, 1.54) is 0 Å². The van der Waals surface area contributed by atoms with Gasteiger partial charge in [0.25, 0.3) is 5.91 Å². The van der Waals surface area contributed by atoms with Crippen LogP contribution in [0.4, 0.5) is 5.82 Å². The smallest absolute Gasteiger partial charge is 0.274 e. The van der Waals surface area contributed by atoms with Crippen LogP contribution in [-0.2, 0) is 16.0 Å². The Balaban J connectivity index is 1.30. The average Bonchev–Trinajstić information content (AvgIpc) is 3.21. The molecule has 0 unspecified atom stereocenters. The maximum atomic E-state index is 12.7. The second-order valence-electron chi connectivity index (χ2n) is 6.91. The average molecular weight is 384 g/mol. The first-order valence-corrected chi connectivity index (χ1v) is 9.45. The van der Waals surface area contributed by atoms with E-state index in [1.54, 1.807) is 24.1 Å². The summed E-state index contributed by atoms with van der Waals surface area (Å²) in [5.41, 5.74) is 1.44. The number of likely N-dealkylation sites (tertiary alicyclic amines) is 1. The van der Waals surface area contributed by atoms with E-state index in [2.05, 4.69) is 15.5 Å². The fourth-order valence-corrected chi connectivity index (χ4v) is 3.47. The molecule has 1 aromatic heterocycles. The van der Waals surface area contributed by atoms with Crippen LogP contribution in [0.15, 0.2) is 36.4 Å². The minimum Gasteiger partial charge on any atom is -0.497 e. The third-order valence-electron chi connectivity index (χ3n) is 5.14. The van der Waals surface area contributed by atoms with Crippen molar-refractivity contribution in [2.24, 2.45) is 0 Å². The number of nitrogens with one attached hydrogen (secondary N) is 1. The summed E-state index contributed by atoms with van der Waals surface area (Å²) >= 11 is 0. The van der Waals surface area contributed by atoms with Crippen LogP contribution in [0.1, 0.15) is 28.9 Å². The number of hydrogen-bond acceptors (Lipinski definition) is 7. The number of anilines is 1. The number of piperidine rings is 1. The minimum absolute atomic E-state index is 0.109. The van der Waals surface area contributed by atoms with Gasteiger partial charge in [-0.05, 0) is 29.8 Å². The molecule has 0 bridgehead atoms. The van der Waals surface area contributed by atoms with Crippen LogP contribution in [0.25, 0.3) is 0 Å². The molecule has 0 radical (unpaired) electrons. The molecule has 8 heteroatoms. The first kappa shape index (κ1) is 18.6. The van der Waals surface area contributed by atoms with E-state index >= 15 is 0 Å². The molecule has 2 aliphatic heterocycles. The fourth-order valence-electron chi connectivity index (χ4n) is 3.47. The molecule has 1 amide bonds.